The van der Waals surface area contributed by atoms with E-state index in [-0.39, 0.29) is 23.7 Å². The molecule has 0 atom stereocenters. The van der Waals surface area contributed by atoms with Gasteiger partial charge in [-0.25, -0.2) is 19.2 Å². The van der Waals surface area contributed by atoms with Crippen LogP contribution in [0.5, 0.6) is 6.01 Å². The molecule has 1 fully saturated rings. The van der Waals surface area contributed by atoms with E-state index in [0.29, 0.717) is 56.7 Å². The van der Waals surface area contributed by atoms with Gasteiger partial charge in [-0.2, -0.15) is 15.3 Å². The van der Waals surface area contributed by atoms with Gasteiger partial charge in [0, 0.05) is 42.5 Å². The second-order valence-electron chi connectivity index (χ2n) is 10.6. The Morgan fingerprint density at radius 1 is 1.16 bits per heavy atom. The molecule has 12 nitrogen and oxygen atoms in total. The molecule has 1 saturated heterocycles. The van der Waals surface area contributed by atoms with Crippen LogP contribution in [-0.2, 0) is 37.5 Å². The van der Waals surface area contributed by atoms with Crippen LogP contribution in [0.15, 0.2) is 54.9 Å². The smallest absolute Gasteiger partial charge is 0.335 e. The van der Waals surface area contributed by atoms with Gasteiger partial charge in [0.25, 0.3) is 0 Å². The van der Waals surface area contributed by atoms with E-state index < -0.39 is 11.8 Å². The maximum Gasteiger partial charge on any atom is 0.335 e. The van der Waals surface area contributed by atoms with Gasteiger partial charge in [0.1, 0.15) is 24.1 Å². The first-order chi connectivity index (χ1) is 20.9. The Morgan fingerprint density at radius 2 is 2.05 bits per heavy atom. The number of aromatic nitrogens is 6. The Labute approximate surface area is 244 Å². The van der Waals surface area contributed by atoms with Gasteiger partial charge in [-0.3, -0.25) is 4.68 Å². The van der Waals surface area contributed by atoms with Crippen molar-refractivity contribution in [3.05, 3.63) is 94.4 Å². The third-order valence-corrected chi connectivity index (χ3v) is 7.63. The Morgan fingerprint density at radius 3 is 2.79 bits per heavy atom. The van der Waals surface area contributed by atoms with Crippen molar-refractivity contribution in [2.75, 3.05) is 18.1 Å². The highest BCUT2D eigenvalue weighted by atomic mass is 19.1. The summed E-state index contributed by atoms with van der Waals surface area (Å²) in [4.78, 5) is 27.1. The Kier molecular flexibility index (Phi) is 6.67. The van der Waals surface area contributed by atoms with Crippen molar-refractivity contribution in [2.45, 2.75) is 32.8 Å². The summed E-state index contributed by atoms with van der Waals surface area (Å²) in [6, 6.07) is 13.0. The highest BCUT2D eigenvalue weighted by molar-refractivity contribution is 5.92. The maximum absolute atomic E-state index is 14.2. The second-order valence-corrected chi connectivity index (χ2v) is 10.6. The van der Waals surface area contributed by atoms with E-state index in [9.17, 15) is 14.3 Å². The van der Waals surface area contributed by atoms with Gasteiger partial charge in [0.2, 0.25) is 0 Å². The Bertz CT molecular complexity index is 1880. The van der Waals surface area contributed by atoms with Crippen LogP contribution in [0, 0.1) is 23.1 Å². The molecule has 2 aromatic carbocycles. The van der Waals surface area contributed by atoms with Gasteiger partial charge >= 0.3 is 12.0 Å². The summed E-state index contributed by atoms with van der Waals surface area (Å²) >= 11 is 0. The van der Waals surface area contributed by atoms with E-state index in [1.165, 1.54) is 18.2 Å². The van der Waals surface area contributed by atoms with Crippen molar-refractivity contribution >= 4 is 22.8 Å². The number of carboxylic acids is 1. The number of ether oxygens (including phenoxy) is 2. The number of nitrogens with zero attached hydrogens (tertiary/aromatic N) is 8. The van der Waals surface area contributed by atoms with E-state index in [4.69, 9.17) is 24.8 Å². The zero-order valence-electron chi connectivity index (χ0n) is 22.9. The molecule has 7 rings (SSSR count). The third kappa shape index (κ3) is 5.24. The number of rotatable bonds is 9. The summed E-state index contributed by atoms with van der Waals surface area (Å²) < 4.78 is 29.2. The van der Waals surface area contributed by atoms with Crippen LogP contribution in [0.4, 0.5) is 10.2 Å². The molecule has 0 amide bonds. The van der Waals surface area contributed by atoms with E-state index in [1.807, 2.05) is 16.9 Å². The molecule has 3 aromatic heterocycles. The van der Waals surface area contributed by atoms with E-state index in [0.717, 1.165) is 28.1 Å². The molecule has 5 heterocycles. The van der Waals surface area contributed by atoms with Gasteiger partial charge in [-0.1, -0.05) is 6.07 Å². The summed E-state index contributed by atoms with van der Waals surface area (Å²) in [5.41, 5.74) is 4.29. The van der Waals surface area contributed by atoms with E-state index in [2.05, 4.69) is 19.4 Å². The molecule has 13 heteroatoms. The summed E-state index contributed by atoms with van der Waals surface area (Å²) in [7, 11) is 0. The minimum Gasteiger partial charge on any atom is -0.478 e. The fourth-order valence-corrected chi connectivity index (χ4v) is 5.33. The summed E-state index contributed by atoms with van der Waals surface area (Å²) in [6.07, 6.45) is 3.59. The van der Waals surface area contributed by atoms with Crippen molar-refractivity contribution in [2.24, 2.45) is 5.92 Å². The molecule has 0 aliphatic carbocycles. The first-order valence-corrected chi connectivity index (χ1v) is 13.7. The summed E-state index contributed by atoms with van der Waals surface area (Å²) in [5.74, 6) is 0.326. The van der Waals surface area contributed by atoms with Crippen molar-refractivity contribution < 1.29 is 23.8 Å². The van der Waals surface area contributed by atoms with Gasteiger partial charge in [-0.15, -0.1) is 0 Å². The molecule has 0 saturated carbocycles. The second kappa shape index (κ2) is 10.8. The highest BCUT2D eigenvalue weighted by Crippen LogP contribution is 2.28. The minimum absolute atomic E-state index is 0.0655. The normalized spacial score (nSPS) is 14.5. The predicted molar refractivity (Wildman–Crippen MR) is 150 cm³/mol. The number of benzene rings is 2. The molecular weight excluding hydrogens is 555 g/mol. The van der Waals surface area contributed by atoms with Crippen LogP contribution < -0.4 is 9.64 Å². The number of aromatic carboxylic acids is 1. The molecule has 1 N–H and O–H groups in total. The lowest BCUT2D eigenvalue weighted by molar-refractivity contribution is -0.0392. The molecule has 0 bridgehead atoms. The maximum atomic E-state index is 14.2. The minimum atomic E-state index is -0.973. The van der Waals surface area contributed by atoms with Gasteiger partial charge in [0.15, 0.2) is 0 Å². The van der Waals surface area contributed by atoms with Crippen molar-refractivity contribution in [1.29, 1.82) is 5.26 Å². The fraction of sp³-hybridized carbons (Fsp3) is 0.267. The standard InChI is InChI=1S/C30H25FN8O4/c31-23-7-18(9-32)1-2-21(23)17-43-30-33-6-5-27(35-30)37-11-22-12-38(36-25(22)13-37)14-28-34-24-4-3-20(29(40)41)8-26(24)39(28)10-19-15-42-16-19/h1-8,12,19H,10-11,13-17H2,(H,40,41). The number of hydrogen-bond donors (Lipinski definition) is 1. The predicted octanol–water partition coefficient (Wildman–Crippen LogP) is 3.53. The fourth-order valence-electron chi connectivity index (χ4n) is 5.33. The zero-order valence-corrected chi connectivity index (χ0v) is 22.9. The Balaban J connectivity index is 1.05. The van der Waals surface area contributed by atoms with Crippen molar-refractivity contribution in [3.63, 3.8) is 0 Å². The number of carbonyl (C=O) groups is 1. The average molecular weight is 581 g/mol. The van der Waals surface area contributed by atoms with Crippen molar-refractivity contribution in [3.8, 4) is 12.1 Å². The van der Waals surface area contributed by atoms with E-state index in [1.54, 1.807) is 30.5 Å². The van der Waals surface area contributed by atoms with Crippen LogP contribution in [0.25, 0.3) is 11.0 Å². The van der Waals surface area contributed by atoms with Crippen LogP contribution in [-0.4, -0.2) is 53.6 Å². The van der Waals surface area contributed by atoms with Crippen LogP contribution in [0.2, 0.25) is 0 Å². The highest BCUT2D eigenvalue weighted by Gasteiger charge is 2.26. The van der Waals surface area contributed by atoms with Crippen LogP contribution >= 0.6 is 0 Å². The molecule has 0 unspecified atom stereocenters. The summed E-state index contributed by atoms with van der Waals surface area (Å²) in [6.45, 7) is 3.55. The van der Waals surface area contributed by atoms with Gasteiger partial charge in [-0.05, 0) is 36.4 Å². The van der Waals surface area contributed by atoms with Gasteiger partial charge < -0.3 is 24.0 Å². The number of hydrogen-bond acceptors (Lipinski definition) is 9. The lowest BCUT2D eigenvalue weighted by Crippen LogP contribution is -2.32. The first kappa shape index (κ1) is 26.5. The number of fused-ring (bicyclic) bond motifs is 2. The monoisotopic (exact) mass is 580 g/mol. The molecule has 0 spiro atoms. The third-order valence-electron chi connectivity index (χ3n) is 7.63. The number of halogens is 1. The SMILES string of the molecule is N#Cc1ccc(COc2nccc(N3Cc4cn(Cc5nc6ccc(C(=O)O)cc6n5CC5COC5)nc4C3)n2)c(F)c1. The van der Waals surface area contributed by atoms with Crippen LogP contribution in [0.1, 0.15) is 38.6 Å². The molecule has 0 radical (unpaired) electrons. The zero-order chi connectivity index (χ0) is 29.5. The largest absolute Gasteiger partial charge is 0.478 e. The average Bonchev–Trinajstić information content (AvgIpc) is 3.65. The topological polar surface area (TPSA) is 144 Å². The molecule has 216 valence electrons. The molecule has 2 aliphatic heterocycles. The lowest BCUT2D eigenvalue weighted by Gasteiger charge is -2.27. The van der Waals surface area contributed by atoms with Gasteiger partial charge in [0.05, 0.1) is 60.2 Å². The number of imidazole rings is 1. The van der Waals surface area contributed by atoms with Crippen LogP contribution in [0.3, 0.4) is 0 Å². The summed E-state index contributed by atoms with van der Waals surface area (Å²) in [5, 5.41) is 23.2. The number of anilines is 1. The molecule has 43 heavy (non-hydrogen) atoms. The lowest BCUT2D eigenvalue weighted by atomic mass is 10.1. The molecule has 2 aliphatic rings. The van der Waals surface area contributed by atoms with Crippen molar-refractivity contribution in [1.82, 2.24) is 29.3 Å². The first-order valence-electron chi connectivity index (χ1n) is 13.7. The quantitative estimate of drug-likeness (QED) is 0.275. The number of nitriles is 1. The number of carboxylic acid groups (broad SMARTS) is 1. The van der Waals surface area contributed by atoms with E-state index >= 15 is 0 Å². The molecule has 5 aromatic rings. The Hall–Kier alpha value is -5.35. The molecular formula is C30H25FN8O4.